The van der Waals surface area contributed by atoms with Crippen molar-refractivity contribution in [3.63, 3.8) is 0 Å². The fourth-order valence-corrected chi connectivity index (χ4v) is 1.47. The van der Waals surface area contributed by atoms with E-state index in [9.17, 15) is 9.59 Å². The second-order valence-electron chi connectivity index (χ2n) is 3.84. The summed E-state index contributed by atoms with van der Waals surface area (Å²) in [6.07, 6.45) is 3.00. The van der Waals surface area contributed by atoms with Crippen LogP contribution in [0, 0.1) is 11.8 Å². The van der Waals surface area contributed by atoms with Gasteiger partial charge in [0, 0.05) is 17.9 Å². The quantitative estimate of drug-likeness (QED) is 0.665. The maximum atomic E-state index is 11.3. The van der Waals surface area contributed by atoms with Gasteiger partial charge >= 0.3 is 0 Å². The van der Waals surface area contributed by atoms with Crippen LogP contribution < -0.4 is 5.32 Å². The number of Topliss-reactive ketones (excluding diaryl/α,β-unsaturated/α-hetero) is 1. The smallest absolute Gasteiger partial charge is 0.224 e. The topological polar surface area (TPSA) is 46.2 Å². The summed E-state index contributed by atoms with van der Waals surface area (Å²) in [5.74, 6) is 0.287. The SMILES string of the molecule is CC(=O)C1CC1C(=O)NC1CC1. The summed E-state index contributed by atoms with van der Waals surface area (Å²) in [4.78, 5) is 22.1. The van der Waals surface area contributed by atoms with Crippen molar-refractivity contribution in [3.05, 3.63) is 0 Å². The van der Waals surface area contributed by atoms with Crippen LogP contribution in [0.2, 0.25) is 0 Å². The minimum absolute atomic E-state index is 0.00287. The maximum Gasteiger partial charge on any atom is 0.224 e. The maximum absolute atomic E-state index is 11.3. The monoisotopic (exact) mass is 167 g/mol. The lowest BCUT2D eigenvalue weighted by atomic mass is 10.2. The summed E-state index contributed by atoms with van der Waals surface area (Å²) in [7, 11) is 0. The molecule has 2 unspecified atom stereocenters. The Morgan fingerprint density at radius 2 is 1.92 bits per heavy atom. The Morgan fingerprint density at radius 1 is 1.25 bits per heavy atom. The van der Waals surface area contributed by atoms with E-state index in [2.05, 4.69) is 5.32 Å². The highest BCUT2D eigenvalue weighted by Crippen LogP contribution is 2.39. The third-order valence-electron chi connectivity index (χ3n) is 2.57. The number of hydrogen-bond acceptors (Lipinski definition) is 2. The van der Waals surface area contributed by atoms with Crippen LogP contribution in [-0.4, -0.2) is 17.7 Å². The van der Waals surface area contributed by atoms with Crippen LogP contribution in [0.3, 0.4) is 0 Å². The van der Waals surface area contributed by atoms with Gasteiger partial charge in [0.2, 0.25) is 5.91 Å². The molecular weight excluding hydrogens is 154 g/mol. The van der Waals surface area contributed by atoms with E-state index in [4.69, 9.17) is 0 Å². The Kier molecular flexibility index (Phi) is 1.67. The van der Waals surface area contributed by atoms with Crippen LogP contribution in [-0.2, 0) is 9.59 Å². The molecule has 3 nitrogen and oxygen atoms in total. The van der Waals surface area contributed by atoms with Gasteiger partial charge < -0.3 is 5.32 Å². The van der Waals surface area contributed by atoms with Crippen molar-refractivity contribution in [2.45, 2.75) is 32.2 Å². The van der Waals surface area contributed by atoms with Crippen LogP contribution in [0.15, 0.2) is 0 Å². The first kappa shape index (κ1) is 7.77. The second kappa shape index (κ2) is 2.57. The Bertz CT molecular complexity index is 233. The average Bonchev–Trinajstić information content (AvgIpc) is 2.82. The Hall–Kier alpha value is -0.860. The minimum Gasteiger partial charge on any atom is -0.353 e. The highest BCUT2D eigenvalue weighted by Gasteiger charge is 2.46. The van der Waals surface area contributed by atoms with E-state index in [0.29, 0.717) is 6.04 Å². The van der Waals surface area contributed by atoms with E-state index >= 15 is 0 Å². The standard InChI is InChI=1S/C9H13NO2/c1-5(11)7-4-8(7)9(12)10-6-2-3-6/h6-8H,2-4H2,1H3,(H,10,12). The van der Waals surface area contributed by atoms with Crippen molar-refractivity contribution >= 4 is 11.7 Å². The van der Waals surface area contributed by atoms with Crippen molar-refractivity contribution < 1.29 is 9.59 Å². The first-order valence-electron chi connectivity index (χ1n) is 4.49. The number of ketones is 1. The normalized spacial score (nSPS) is 32.8. The van der Waals surface area contributed by atoms with Gasteiger partial charge in [-0.2, -0.15) is 0 Å². The highest BCUT2D eigenvalue weighted by molar-refractivity contribution is 5.92. The number of rotatable bonds is 3. The molecule has 0 saturated heterocycles. The van der Waals surface area contributed by atoms with E-state index in [1.165, 1.54) is 0 Å². The van der Waals surface area contributed by atoms with E-state index in [1.807, 2.05) is 0 Å². The van der Waals surface area contributed by atoms with Crippen molar-refractivity contribution in [2.24, 2.45) is 11.8 Å². The molecule has 0 aromatic heterocycles. The molecular formula is C9H13NO2. The average molecular weight is 167 g/mol. The zero-order valence-electron chi connectivity index (χ0n) is 7.17. The molecule has 0 spiro atoms. The van der Waals surface area contributed by atoms with Gasteiger partial charge in [-0.3, -0.25) is 9.59 Å². The summed E-state index contributed by atoms with van der Waals surface area (Å²) < 4.78 is 0. The molecule has 0 bridgehead atoms. The fraction of sp³-hybridized carbons (Fsp3) is 0.778. The molecule has 1 N–H and O–H groups in total. The van der Waals surface area contributed by atoms with Crippen LogP contribution >= 0.6 is 0 Å². The molecule has 2 aliphatic carbocycles. The highest BCUT2D eigenvalue weighted by atomic mass is 16.2. The molecule has 3 heteroatoms. The zero-order chi connectivity index (χ0) is 8.72. The molecule has 12 heavy (non-hydrogen) atoms. The lowest BCUT2D eigenvalue weighted by molar-refractivity contribution is -0.125. The third kappa shape index (κ3) is 1.49. The Labute approximate surface area is 71.5 Å². The summed E-state index contributed by atoms with van der Waals surface area (Å²) in [5.41, 5.74) is 0. The molecule has 2 aliphatic rings. The third-order valence-corrected chi connectivity index (χ3v) is 2.57. The molecule has 2 rings (SSSR count). The lowest BCUT2D eigenvalue weighted by Gasteiger charge is -1.99. The molecule has 0 aromatic carbocycles. The first-order chi connectivity index (χ1) is 5.68. The molecule has 1 amide bonds. The molecule has 0 aromatic rings. The Balaban J connectivity index is 1.79. The summed E-state index contributed by atoms with van der Waals surface area (Å²) in [6, 6.07) is 0.422. The van der Waals surface area contributed by atoms with Gasteiger partial charge in [-0.1, -0.05) is 0 Å². The van der Waals surface area contributed by atoms with Crippen LogP contribution in [0.25, 0.3) is 0 Å². The van der Waals surface area contributed by atoms with Crippen molar-refractivity contribution in [3.8, 4) is 0 Å². The Morgan fingerprint density at radius 3 is 2.33 bits per heavy atom. The van der Waals surface area contributed by atoms with Gasteiger partial charge in [0.05, 0.1) is 0 Å². The van der Waals surface area contributed by atoms with E-state index < -0.39 is 0 Å². The number of hydrogen-bond donors (Lipinski definition) is 1. The van der Waals surface area contributed by atoms with Crippen molar-refractivity contribution in [1.82, 2.24) is 5.32 Å². The van der Waals surface area contributed by atoms with Crippen LogP contribution in [0.5, 0.6) is 0 Å². The van der Waals surface area contributed by atoms with Gasteiger partial charge in [0.1, 0.15) is 5.78 Å². The molecule has 2 atom stereocenters. The van der Waals surface area contributed by atoms with Gasteiger partial charge in [-0.05, 0) is 26.2 Å². The molecule has 0 heterocycles. The number of nitrogens with one attached hydrogen (secondary N) is 1. The predicted molar refractivity (Wildman–Crippen MR) is 43.4 cm³/mol. The van der Waals surface area contributed by atoms with E-state index in [0.717, 1.165) is 19.3 Å². The largest absolute Gasteiger partial charge is 0.353 e. The molecule has 2 saturated carbocycles. The zero-order valence-corrected chi connectivity index (χ0v) is 7.17. The van der Waals surface area contributed by atoms with Crippen molar-refractivity contribution in [2.75, 3.05) is 0 Å². The molecule has 2 fully saturated rings. The second-order valence-corrected chi connectivity index (χ2v) is 3.84. The van der Waals surface area contributed by atoms with Crippen molar-refractivity contribution in [1.29, 1.82) is 0 Å². The fourth-order valence-electron chi connectivity index (χ4n) is 1.47. The molecule has 0 aliphatic heterocycles. The van der Waals surface area contributed by atoms with E-state index in [1.54, 1.807) is 6.92 Å². The predicted octanol–water partition coefficient (Wildman–Crippen LogP) is 0.490. The molecule has 66 valence electrons. The van der Waals surface area contributed by atoms with E-state index in [-0.39, 0.29) is 23.5 Å². The van der Waals surface area contributed by atoms with Crippen LogP contribution in [0.1, 0.15) is 26.2 Å². The van der Waals surface area contributed by atoms with Gasteiger partial charge in [0.25, 0.3) is 0 Å². The lowest BCUT2D eigenvalue weighted by Crippen LogP contribution is -2.27. The summed E-state index contributed by atoms with van der Waals surface area (Å²) >= 11 is 0. The summed E-state index contributed by atoms with van der Waals surface area (Å²) in [6.45, 7) is 1.56. The summed E-state index contributed by atoms with van der Waals surface area (Å²) in [5, 5.41) is 2.91. The number of amides is 1. The first-order valence-corrected chi connectivity index (χ1v) is 4.49. The van der Waals surface area contributed by atoms with Gasteiger partial charge in [0.15, 0.2) is 0 Å². The number of carbonyl (C=O) groups excluding carboxylic acids is 2. The van der Waals surface area contributed by atoms with Gasteiger partial charge in [-0.15, -0.1) is 0 Å². The minimum atomic E-state index is 0.00287. The number of carbonyl (C=O) groups is 2. The van der Waals surface area contributed by atoms with Gasteiger partial charge in [-0.25, -0.2) is 0 Å². The van der Waals surface area contributed by atoms with Crippen LogP contribution in [0.4, 0.5) is 0 Å². The molecule has 0 radical (unpaired) electrons.